The lowest BCUT2D eigenvalue weighted by atomic mass is 10.0. The lowest BCUT2D eigenvalue weighted by Gasteiger charge is -2.35. The van der Waals surface area contributed by atoms with Gasteiger partial charge in [-0.3, -0.25) is 9.48 Å². The van der Waals surface area contributed by atoms with Crippen molar-refractivity contribution < 1.29 is 4.79 Å². The molecule has 1 aromatic rings. The fourth-order valence-corrected chi connectivity index (χ4v) is 2.86. The Bertz CT molecular complexity index is 476. The topological polar surface area (TPSA) is 67.4 Å². The van der Waals surface area contributed by atoms with Crippen molar-refractivity contribution in [2.75, 3.05) is 33.7 Å². The van der Waals surface area contributed by atoms with E-state index in [4.69, 9.17) is 5.73 Å². The van der Waals surface area contributed by atoms with E-state index in [1.807, 2.05) is 23.6 Å². The third-order valence-corrected chi connectivity index (χ3v) is 4.46. The van der Waals surface area contributed by atoms with Crippen molar-refractivity contribution in [2.24, 2.45) is 5.73 Å². The molecule has 1 fully saturated rings. The Morgan fingerprint density at radius 3 is 2.76 bits per heavy atom. The molecule has 0 unspecified atom stereocenters. The highest BCUT2D eigenvalue weighted by Gasteiger charge is 2.26. The largest absolute Gasteiger partial charge is 0.339 e. The molecule has 21 heavy (non-hydrogen) atoms. The van der Waals surface area contributed by atoms with E-state index in [2.05, 4.69) is 17.0 Å². The van der Waals surface area contributed by atoms with Gasteiger partial charge in [-0.2, -0.15) is 5.10 Å². The van der Waals surface area contributed by atoms with E-state index in [9.17, 15) is 4.79 Å². The molecule has 0 radical (unpaired) electrons. The molecule has 0 aromatic carbocycles. The van der Waals surface area contributed by atoms with Crippen LogP contribution in [0.2, 0.25) is 0 Å². The van der Waals surface area contributed by atoms with Crippen molar-refractivity contribution >= 4 is 5.91 Å². The summed E-state index contributed by atoms with van der Waals surface area (Å²) < 4.78 is 1.88. The van der Waals surface area contributed by atoms with E-state index in [0.29, 0.717) is 18.2 Å². The maximum Gasteiger partial charge on any atom is 0.257 e. The summed E-state index contributed by atoms with van der Waals surface area (Å²) in [6.45, 7) is 5.47. The van der Waals surface area contributed by atoms with Crippen LogP contribution in [0, 0.1) is 6.92 Å². The smallest absolute Gasteiger partial charge is 0.257 e. The molecule has 0 spiro atoms. The number of aromatic nitrogens is 2. The Balaban J connectivity index is 2.03. The van der Waals surface area contributed by atoms with E-state index in [1.54, 1.807) is 6.20 Å². The molecule has 1 aliphatic rings. The van der Waals surface area contributed by atoms with E-state index in [1.165, 1.54) is 0 Å². The number of hydrogen-bond donors (Lipinski definition) is 1. The second-order valence-electron chi connectivity index (χ2n) is 5.96. The van der Waals surface area contributed by atoms with Gasteiger partial charge in [0.15, 0.2) is 0 Å². The minimum absolute atomic E-state index is 0.0843. The van der Waals surface area contributed by atoms with Gasteiger partial charge in [0.1, 0.15) is 0 Å². The molecule has 1 aliphatic heterocycles. The first-order valence-electron chi connectivity index (χ1n) is 7.72. The van der Waals surface area contributed by atoms with Gasteiger partial charge >= 0.3 is 0 Å². The fourth-order valence-electron chi connectivity index (χ4n) is 2.86. The van der Waals surface area contributed by atoms with Crippen LogP contribution in [0.5, 0.6) is 0 Å². The third-order valence-electron chi connectivity index (χ3n) is 4.46. The zero-order valence-electron chi connectivity index (χ0n) is 13.4. The van der Waals surface area contributed by atoms with Crippen LogP contribution >= 0.6 is 0 Å². The monoisotopic (exact) mass is 293 g/mol. The number of likely N-dealkylation sites (tertiary alicyclic amines) is 1. The van der Waals surface area contributed by atoms with Gasteiger partial charge in [0.25, 0.3) is 5.91 Å². The summed E-state index contributed by atoms with van der Waals surface area (Å²) in [7, 11) is 4.04. The number of nitrogens with two attached hydrogens (primary N) is 1. The summed E-state index contributed by atoms with van der Waals surface area (Å²) in [5, 5.41) is 4.32. The average molecular weight is 293 g/mol. The van der Waals surface area contributed by atoms with E-state index in [0.717, 1.165) is 44.6 Å². The molecule has 0 bridgehead atoms. The Morgan fingerprint density at radius 1 is 1.48 bits per heavy atom. The number of carbonyl (C=O) groups excluding carboxylic acids is 1. The second-order valence-corrected chi connectivity index (χ2v) is 5.96. The highest BCUT2D eigenvalue weighted by molar-refractivity contribution is 5.95. The lowest BCUT2D eigenvalue weighted by molar-refractivity contribution is 0.0658. The molecule has 1 amide bonds. The van der Waals surface area contributed by atoms with Crippen molar-refractivity contribution in [3.63, 3.8) is 0 Å². The molecule has 1 saturated heterocycles. The van der Waals surface area contributed by atoms with Crippen molar-refractivity contribution in [2.45, 2.75) is 38.8 Å². The van der Waals surface area contributed by atoms with Gasteiger partial charge < -0.3 is 15.5 Å². The van der Waals surface area contributed by atoms with E-state index < -0.39 is 0 Å². The summed E-state index contributed by atoms with van der Waals surface area (Å²) in [6, 6.07) is 0.334. The average Bonchev–Trinajstić information content (AvgIpc) is 2.85. The fraction of sp³-hybridized carbons (Fsp3) is 0.733. The number of carbonyl (C=O) groups is 1. The zero-order valence-corrected chi connectivity index (χ0v) is 13.4. The van der Waals surface area contributed by atoms with Crippen molar-refractivity contribution in [1.82, 2.24) is 19.6 Å². The number of rotatable bonds is 5. The highest BCUT2D eigenvalue weighted by Crippen LogP contribution is 2.18. The number of hydrogen-bond acceptors (Lipinski definition) is 4. The Labute approximate surface area is 126 Å². The summed E-state index contributed by atoms with van der Waals surface area (Å²) in [5.41, 5.74) is 7.18. The summed E-state index contributed by atoms with van der Waals surface area (Å²) in [4.78, 5) is 16.9. The first kappa shape index (κ1) is 16.0. The van der Waals surface area contributed by atoms with Crippen LogP contribution < -0.4 is 5.73 Å². The molecule has 1 aromatic heterocycles. The molecule has 0 saturated carbocycles. The van der Waals surface area contributed by atoms with Gasteiger partial charge in [-0.15, -0.1) is 0 Å². The summed E-state index contributed by atoms with van der Waals surface area (Å²) in [5.74, 6) is 0.0843. The van der Waals surface area contributed by atoms with Crippen molar-refractivity contribution in [3.8, 4) is 0 Å². The Hall–Kier alpha value is -1.40. The standard InChI is InChI=1S/C15H27N5O/c1-12-14(11-17-20(12)8-4-7-16)15(21)19(3)13-5-9-18(2)10-6-13/h11,13H,4-10,16H2,1-3H3. The summed E-state index contributed by atoms with van der Waals surface area (Å²) in [6.07, 6.45) is 4.65. The van der Waals surface area contributed by atoms with E-state index in [-0.39, 0.29) is 5.91 Å². The molecule has 118 valence electrons. The van der Waals surface area contributed by atoms with Gasteiger partial charge in [-0.1, -0.05) is 0 Å². The normalized spacial score (nSPS) is 17.1. The SMILES string of the molecule is Cc1c(C(=O)N(C)C2CCN(C)CC2)cnn1CCCN. The number of amides is 1. The van der Waals surface area contributed by atoms with Crippen LogP contribution in [0.1, 0.15) is 35.3 Å². The van der Waals surface area contributed by atoms with Gasteiger partial charge in [0, 0.05) is 25.3 Å². The molecule has 0 atom stereocenters. The van der Waals surface area contributed by atoms with Crippen LogP contribution in [0.4, 0.5) is 0 Å². The molecule has 2 N–H and O–H groups in total. The minimum Gasteiger partial charge on any atom is -0.339 e. The van der Waals surface area contributed by atoms with Gasteiger partial charge in [0.05, 0.1) is 11.8 Å². The van der Waals surface area contributed by atoms with Crippen LogP contribution in [-0.2, 0) is 6.54 Å². The molecular weight excluding hydrogens is 266 g/mol. The zero-order chi connectivity index (χ0) is 15.4. The molecule has 6 nitrogen and oxygen atoms in total. The van der Waals surface area contributed by atoms with Crippen molar-refractivity contribution in [3.05, 3.63) is 17.5 Å². The van der Waals surface area contributed by atoms with E-state index >= 15 is 0 Å². The van der Waals surface area contributed by atoms with Gasteiger partial charge in [0.2, 0.25) is 0 Å². The molecule has 2 heterocycles. The number of piperidine rings is 1. The molecule has 6 heteroatoms. The predicted octanol–water partition coefficient (Wildman–Crippen LogP) is 0.707. The second kappa shape index (κ2) is 7.04. The first-order valence-corrected chi connectivity index (χ1v) is 7.72. The molecule has 0 aliphatic carbocycles. The summed E-state index contributed by atoms with van der Waals surface area (Å²) >= 11 is 0. The third kappa shape index (κ3) is 3.63. The van der Waals surface area contributed by atoms with Crippen LogP contribution in [0.15, 0.2) is 6.20 Å². The predicted molar refractivity (Wildman–Crippen MR) is 83.2 cm³/mol. The van der Waals surface area contributed by atoms with Crippen LogP contribution in [0.3, 0.4) is 0 Å². The molecule has 2 rings (SSSR count). The Morgan fingerprint density at radius 2 is 2.14 bits per heavy atom. The van der Waals surface area contributed by atoms with Gasteiger partial charge in [-0.05, 0) is 52.9 Å². The quantitative estimate of drug-likeness (QED) is 0.868. The number of aryl methyl sites for hydroxylation is 1. The van der Waals surface area contributed by atoms with Crippen LogP contribution in [-0.4, -0.2) is 65.3 Å². The Kier molecular flexibility index (Phi) is 5.36. The van der Waals surface area contributed by atoms with Crippen LogP contribution in [0.25, 0.3) is 0 Å². The maximum atomic E-state index is 12.7. The first-order chi connectivity index (χ1) is 10.0. The minimum atomic E-state index is 0.0843. The van der Waals surface area contributed by atoms with Gasteiger partial charge in [-0.25, -0.2) is 0 Å². The lowest BCUT2D eigenvalue weighted by Crippen LogP contribution is -2.44. The molecular formula is C15H27N5O. The van der Waals surface area contributed by atoms with Crippen molar-refractivity contribution in [1.29, 1.82) is 0 Å². The maximum absolute atomic E-state index is 12.7. The highest BCUT2D eigenvalue weighted by atomic mass is 16.2. The number of nitrogens with zero attached hydrogens (tertiary/aromatic N) is 4.